The van der Waals surface area contributed by atoms with Gasteiger partial charge in [-0.2, -0.15) is 0 Å². The first-order chi connectivity index (χ1) is 8.27. The Hall–Kier alpha value is -1.63. The summed E-state index contributed by atoms with van der Waals surface area (Å²) < 4.78 is 13.2. The second kappa shape index (κ2) is 9.59. The standard InChI is InChI=1S/C14H15F.C2H6/c1-3-13(14(15)4-2)11-10-12-8-6-5-7-9-12;1-2/h3-11H,1-2H3;1-2H3/b11-10+,13-3-,14-4+;. The van der Waals surface area contributed by atoms with E-state index in [0.717, 1.165) is 5.56 Å². The molecule has 0 N–H and O–H groups in total. The zero-order valence-electron chi connectivity index (χ0n) is 11.1. The van der Waals surface area contributed by atoms with Crippen molar-refractivity contribution in [2.45, 2.75) is 27.7 Å². The molecule has 1 heteroatoms. The molecule has 0 nitrogen and oxygen atoms in total. The van der Waals surface area contributed by atoms with E-state index in [2.05, 4.69) is 0 Å². The van der Waals surface area contributed by atoms with Gasteiger partial charge in [0.1, 0.15) is 5.83 Å². The summed E-state index contributed by atoms with van der Waals surface area (Å²) >= 11 is 0. The highest BCUT2D eigenvalue weighted by Crippen LogP contribution is 2.14. The van der Waals surface area contributed by atoms with Gasteiger partial charge >= 0.3 is 0 Å². The third kappa shape index (κ3) is 5.86. The predicted molar refractivity (Wildman–Crippen MR) is 75.4 cm³/mol. The number of allylic oxidation sites excluding steroid dienone is 5. The molecule has 0 radical (unpaired) electrons. The van der Waals surface area contributed by atoms with Crippen LogP contribution in [0.4, 0.5) is 4.39 Å². The van der Waals surface area contributed by atoms with Gasteiger partial charge in [-0.25, -0.2) is 4.39 Å². The average Bonchev–Trinajstić information content (AvgIpc) is 2.42. The van der Waals surface area contributed by atoms with Crippen LogP contribution in [0.1, 0.15) is 33.3 Å². The molecule has 0 aliphatic heterocycles. The molecular formula is C16H21F. The highest BCUT2D eigenvalue weighted by Gasteiger charge is 1.96. The third-order valence-corrected chi connectivity index (χ3v) is 2.10. The summed E-state index contributed by atoms with van der Waals surface area (Å²) in [4.78, 5) is 0. The maximum absolute atomic E-state index is 13.2. The van der Waals surface area contributed by atoms with Crippen LogP contribution in [0.5, 0.6) is 0 Å². The normalized spacial score (nSPS) is 12.3. The largest absolute Gasteiger partial charge is 0.207 e. The number of halogens is 1. The summed E-state index contributed by atoms with van der Waals surface area (Å²) in [6, 6.07) is 9.84. The Morgan fingerprint density at radius 3 is 2.06 bits per heavy atom. The van der Waals surface area contributed by atoms with Crippen molar-refractivity contribution in [3.63, 3.8) is 0 Å². The fraction of sp³-hybridized carbons (Fsp3) is 0.250. The predicted octanol–water partition coefficient (Wildman–Crippen LogP) is 5.55. The highest BCUT2D eigenvalue weighted by atomic mass is 19.1. The van der Waals surface area contributed by atoms with E-state index in [1.165, 1.54) is 6.08 Å². The van der Waals surface area contributed by atoms with E-state index < -0.39 is 0 Å². The monoisotopic (exact) mass is 232 g/mol. The lowest BCUT2D eigenvalue weighted by Gasteiger charge is -1.96. The van der Waals surface area contributed by atoms with Crippen LogP contribution in [-0.2, 0) is 0 Å². The molecule has 1 rings (SSSR count). The molecule has 0 fully saturated rings. The van der Waals surface area contributed by atoms with Crippen LogP contribution in [0.2, 0.25) is 0 Å². The fourth-order valence-electron chi connectivity index (χ4n) is 1.23. The van der Waals surface area contributed by atoms with Gasteiger partial charge in [-0.3, -0.25) is 0 Å². The zero-order valence-corrected chi connectivity index (χ0v) is 11.1. The van der Waals surface area contributed by atoms with Crippen molar-refractivity contribution in [3.05, 3.63) is 65.5 Å². The first kappa shape index (κ1) is 15.4. The quantitative estimate of drug-likeness (QED) is 0.600. The van der Waals surface area contributed by atoms with E-state index >= 15 is 0 Å². The zero-order chi connectivity index (χ0) is 13.1. The molecule has 0 atom stereocenters. The van der Waals surface area contributed by atoms with Gasteiger partial charge < -0.3 is 0 Å². The molecule has 0 aliphatic carbocycles. The Morgan fingerprint density at radius 2 is 1.59 bits per heavy atom. The Bertz CT molecular complexity index is 383. The molecule has 92 valence electrons. The molecule has 17 heavy (non-hydrogen) atoms. The van der Waals surface area contributed by atoms with Crippen LogP contribution in [0.3, 0.4) is 0 Å². The number of rotatable bonds is 3. The van der Waals surface area contributed by atoms with Gasteiger partial charge in [0, 0.05) is 5.57 Å². The third-order valence-electron chi connectivity index (χ3n) is 2.10. The minimum atomic E-state index is -0.190. The van der Waals surface area contributed by atoms with Gasteiger partial charge in [0.2, 0.25) is 0 Å². The van der Waals surface area contributed by atoms with Crippen molar-refractivity contribution in [1.82, 2.24) is 0 Å². The summed E-state index contributed by atoms with van der Waals surface area (Å²) in [5.74, 6) is -0.190. The van der Waals surface area contributed by atoms with E-state index in [0.29, 0.717) is 5.57 Å². The number of hydrogen-bond donors (Lipinski definition) is 0. The molecule has 0 spiro atoms. The lowest BCUT2D eigenvalue weighted by molar-refractivity contribution is 0.655. The number of hydrogen-bond acceptors (Lipinski definition) is 0. The molecule has 0 aliphatic rings. The minimum Gasteiger partial charge on any atom is -0.207 e. The minimum absolute atomic E-state index is 0.190. The second-order valence-electron chi connectivity index (χ2n) is 3.12. The van der Waals surface area contributed by atoms with Gasteiger partial charge in [-0.1, -0.05) is 68.5 Å². The summed E-state index contributed by atoms with van der Waals surface area (Å²) in [7, 11) is 0. The summed E-state index contributed by atoms with van der Waals surface area (Å²) in [6.45, 7) is 7.52. The van der Waals surface area contributed by atoms with Crippen molar-refractivity contribution >= 4 is 6.08 Å². The topological polar surface area (TPSA) is 0 Å². The highest BCUT2D eigenvalue weighted by molar-refractivity contribution is 5.55. The Morgan fingerprint density at radius 1 is 1.00 bits per heavy atom. The Balaban J connectivity index is 0.00000121. The lowest BCUT2D eigenvalue weighted by atomic mass is 10.1. The molecule has 0 bridgehead atoms. The molecule has 1 aromatic rings. The van der Waals surface area contributed by atoms with Gasteiger partial charge in [0.25, 0.3) is 0 Å². The Kier molecular flexibility index (Phi) is 8.67. The molecule has 1 aromatic carbocycles. The van der Waals surface area contributed by atoms with Crippen molar-refractivity contribution in [2.75, 3.05) is 0 Å². The van der Waals surface area contributed by atoms with E-state index in [9.17, 15) is 4.39 Å². The van der Waals surface area contributed by atoms with Crippen LogP contribution in [0, 0.1) is 0 Å². The van der Waals surface area contributed by atoms with Crippen molar-refractivity contribution in [1.29, 1.82) is 0 Å². The fourth-order valence-corrected chi connectivity index (χ4v) is 1.23. The van der Waals surface area contributed by atoms with E-state index in [-0.39, 0.29) is 5.83 Å². The second-order valence-corrected chi connectivity index (χ2v) is 3.12. The maximum Gasteiger partial charge on any atom is 0.125 e. The first-order valence-electron chi connectivity index (χ1n) is 5.99. The van der Waals surface area contributed by atoms with Crippen molar-refractivity contribution < 1.29 is 4.39 Å². The van der Waals surface area contributed by atoms with Crippen molar-refractivity contribution in [2.24, 2.45) is 0 Å². The molecule has 0 amide bonds. The van der Waals surface area contributed by atoms with Gasteiger partial charge in [0.05, 0.1) is 0 Å². The summed E-state index contributed by atoms with van der Waals surface area (Å²) in [6.07, 6.45) is 6.91. The molecule has 0 aromatic heterocycles. The van der Waals surface area contributed by atoms with Crippen LogP contribution in [-0.4, -0.2) is 0 Å². The molecular weight excluding hydrogens is 211 g/mol. The smallest absolute Gasteiger partial charge is 0.125 e. The van der Waals surface area contributed by atoms with Gasteiger partial charge in [-0.15, -0.1) is 0 Å². The molecule has 0 heterocycles. The van der Waals surface area contributed by atoms with Gasteiger partial charge in [0.15, 0.2) is 0 Å². The lowest BCUT2D eigenvalue weighted by Crippen LogP contribution is -1.78. The van der Waals surface area contributed by atoms with Crippen molar-refractivity contribution in [3.8, 4) is 0 Å². The summed E-state index contributed by atoms with van der Waals surface area (Å²) in [5, 5.41) is 0. The summed E-state index contributed by atoms with van der Waals surface area (Å²) in [5.41, 5.74) is 1.68. The van der Waals surface area contributed by atoms with E-state index in [1.54, 1.807) is 19.1 Å². The van der Waals surface area contributed by atoms with Crippen LogP contribution in [0.25, 0.3) is 6.08 Å². The van der Waals surface area contributed by atoms with E-state index in [1.807, 2.05) is 57.2 Å². The molecule has 0 saturated heterocycles. The maximum atomic E-state index is 13.2. The average molecular weight is 232 g/mol. The Labute approximate surface area is 104 Å². The number of benzene rings is 1. The van der Waals surface area contributed by atoms with Crippen LogP contribution >= 0.6 is 0 Å². The molecule has 0 saturated carbocycles. The van der Waals surface area contributed by atoms with E-state index in [4.69, 9.17) is 0 Å². The first-order valence-corrected chi connectivity index (χ1v) is 5.99. The van der Waals surface area contributed by atoms with Gasteiger partial charge in [-0.05, 0) is 19.4 Å². The van der Waals surface area contributed by atoms with Crippen LogP contribution < -0.4 is 0 Å². The SMILES string of the molecule is C/C=C(/C=C/c1ccccc1)C(\F)=C/C.CC. The molecule has 0 unspecified atom stereocenters. The van der Waals surface area contributed by atoms with Crippen LogP contribution in [0.15, 0.2) is 60.0 Å².